The zero-order valence-corrected chi connectivity index (χ0v) is 10.5. The third kappa shape index (κ3) is 3.53. The van der Waals surface area contributed by atoms with Crippen molar-refractivity contribution in [3.8, 4) is 5.75 Å². The maximum absolute atomic E-state index is 13.6. The molecule has 0 aliphatic heterocycles. The van der Waals surface area contributed by atoms with Crippen LogP contribution in [-0.2, 0) is 4.74 Å². The average Bonchev–Trinajstić information content (AvgIpc) is 2.28. The van der Waals surface area contributed by atoms with Crippen molar-refractivity contribution < 1.29 is 18.7 Å². The monoisotopic (exact) mass is 240 g/mol. The highest BCUT2D eigenvalue weighted by atomic mass is 19.1. The largest absolute Gasteiger partial charge is 0.497 e. The van der Waals surface area contributed by atoms with Gasteiger partial charge in [0.15, 0.2) is 5.78 Å². The molecule has 4 heteroatoms. The molecule has 0 unspecified atom stereocenters. The van der Waals surface area contributed by atoms with E-state index < -0.39 is 11.4 Å². The molecular weight excluding hydrogens is 223 g/mol. The molecule has 1 rings (SSSR count). The lowest BCUT2D eigenvalue weighted by Crippen LogP contribution is -2.26. The molecule has 0 radical (unpaired) electrons. The normalized spacial score (nSPS) is 11.4. The predicted octanol–water partition coefficient (Wildman–Crippen LogP) is 2.83. The molecule has 0 bridgehead atoms. The number of carbonyl (C=O) groups is 1. The Bertz CT molecular complexity index is 413. The first-order chi connectivity index (χ1) is 7.89. The van der Waals surface area contributed by atoms with Crippen molar-refractivity contribution in [3.63, 3.8) is 0 Å². The minimum absolute atomic E-state index is 0.0657. The number of benzene rings is 1. The smallest absolute Gasteiger partial charge is 0.168 e. The summed E-state index contributed by atoms with van der Waals surface area (Å²) in [6.07, 6.45) is 0.132. The molecule has 0 atom stereocenters. The Hall–Kier alpha value is -1.42. The Morgan fingerprint density at radius 3 is 2.47 bits per heavy atom. The van der Waals surface area contributed by atoms with Crippen molar-refractivity contribution in [2.75, 3.05) is 14.2 Å². The number of rotatable bonds is 5. The molecule has 0 amide bonds. The minimum atomic E-state index is -0.594. The fourth-order valence-electron chi connectivity index (χ4n) is 1.40. The maximum Gasteiger partial charge on any atom is 0.168 e. The first kappa shape index (κ1) is 13.6. The molecule has 17 heavy (non-hydrogen) atoms. The highest BCUT2D eigenvalue weighted by Gasteiger charge is 2.23. The van der Waals surface area contributed by atoms with E-state index in [0.29, 0.717) is 5.75 Å². The molecule has 0 saturated heterocycles. The van der Waals surface area contributed by atoms with Crippen LogP contribution in [0.2, 0.25) is 0 Å². The summed E-state index contributed by atoms with van der Waals surface area (Å²) >= 11 is 0. The zero-order valence-electron chi connectivity index (χ0n) is 10.5. The van der Waals surface area contributed by atoms with Crippen molar-refractivity contribution in [2.24, 2.45) is 0 Å². The Morgan fingerprint density at radius 1 is 1.35 bits per heavy atom. The lowest BCUT2D eigenvalue weighted by molar-refractivity contribution is 0.0171. The molecule has 94 valence electrons. The second kappa shape index (κ2) is 5.27. The van der Waals surface area contributed by atoms with E-state index in [2.05, 4.69) is 0 Å². The number of hydrogen-bond acceptors (Lipinski definition) is 3. The highest BCUT2D eigenvalue weighted by molar-refractivity contribution is 5.97. The predicted molar refractivity (Wildman–Crippen MR) is 63.0 cm³/mol. The number of hydrogen-bond donors (Lipinski definition) is 0. The van der Waals surface area contributed by atoms with Crippen molar-refractivity contribution >= 4 is 5.78 Å². The summed E-state index contributed by atoms with van der Waals surface area (Å²) in [7, 11) is 2.97. The van der Waals surface area contributed by atoms with Crippen LogP contribution in [0, 0.1) is 5.82 Å². The van der Waals surface area contributed by atoms with Gasteiger partial charge in [-0.05, 0) is 26.0 Å². The minimum Gasteiger partial charge on any atom is -0.497 e. The molecule has 0 fully saturated rings. The van der Waals surface area contributed by atoms with E-state index in [-0.39, 0.29) is 17.8 Å². The lowest BCUT2D eigenvalue weighted by atomic mass is 9.97. The molecule has 0 spiro atoms. The Balaban J connectivity index is 2.90. The Kier molecular flexibility index (Phi) is 4.23. The molecule has 0 saturated carbocycles. The van der Waals surface area contributed by atoms with Gasteiger partial charge in [0.1, 0.15) is 11.6 Å². The Morgan fingerprint density at radius 2 is 2.00 bits per heavy atom. The van der Waals surface area contributed by atoms with Crippen LogP contribution in [0.4, 0.5) is 4.39 Å². The van der Waals surface area contributed by atoms with Crippen LogP contribution in [-0.4, -0.2) is 25.6 Å². The zero-order chi connectivity index (χ0) is 13.1. The van der Waals surface area contributed by atoms with Gasteiger partial charge in [-0.25, -0.2) is 4.39 Å². The quantitative estimate of drug-likeness (QED) is 0.742. The summed E-state index contributed by atoms with van der Waals surface area (Å²) < 4.78 is 23.6. The van der Waals surface area contributed by atoms with Crippen LogP contribution in [0.5, 0.6) is 5.75 Å². The molecule has 1 aromatic carbocycles. The molecule has 0 aliphatic rings. The number of ketones is 1. The summed E-state index contributed by atoms with van der Waals surface area (Å²) in [4.78, 5) is 11.9. The van der Waals surface area contributed by atoms with Crippen molar-refractivity contribution in [1.82, 2.24) is 0 Å². The fourth-order valence-corrected chi connectivity index (χ4v) is 1.40. The van der Waals surface area contributed by atoms with Gasteiger partial charge in [-0.15, -0.1) is 0 Å². The second-order valence-electron chi connectivity index (χ2n) is 4.41. The lowest BCUT2D eigenvalue weighted by Gasteiger charge is -2.21. The molecule has 0 heterocycles. The molecular formula is C13H17FO3. The van der Waals surface area contributed by atoms with Crippen LogP contribution in [0.1, 0.15) is 30.6 Å². The number of Topliss-reactive ketones (excluding diaryl/α,β-unsaturated/α-hetero) is 1. The maximum atomic E-state index is 13.6. The number of halogens is 1. The summed E-state index contributed by atoms with van der Waals surface area (Å²) in [5, 5.41) is 0. The summed E-state index contributed by atoms with van der Waals surface area (Å²) in [5.74, 6) is -0.455. The van der Waals surface area contributed by atoms with Crippen LogP contribution < -0.4 is 4.74 Å². The van der Waals surface area contributed by atoms with E-state index in [4.69, 9.17) is 9.47 Å². The second-order valence-corrected chi connectivity index (χ2v) is 4.41. The van der Waals surface area contributed by atoms with Gasteiger partial charge in [0.05, 0.1) is 18.3 Å². The average molecular weight is 240 g/mol. The molecule has 1 aromatic rings. The van der Waals surface area contributed by atoms with Crippen molar-refractivity contribution in [3.05, 3.63) is 29.6 Å². The fraction of sp³-hybridized carbons (Fsp3) is 0.462. The van der Waals surface area contributed by atoms with Crippen molar-refractivity contribution in [2.45, 2.75) is 25.9 Å². The van der Waals surface area contributed by atoms with Crippen LogP contribution in [0.25, 0.3) is 0 Å². The van der Waals surface area contributed by atoms with Gasteiger partial charge in [-0.1, -0.05) is 0 Å². The number of ether oxygens (including phenoxy) is 2. The standard InChI is InChI=1S/C13H17FO3/c1-13(2,17-4)8-12(15)10-6-5-9(16-3)7-11(10)14/h5-7H,8H2,1-4H3. The van der Waals surface area contributed by atoms with Crippen molar-refractivity contribution in [1.29, 1.82) is 0 Å². The van der Waals surface area contributed by atoms with E-state index in [1.807, 2.05) is 0 Å². The summed E-state index contributed by atoms with van der Waals surface area (Å²) in [5.41, 5.74) is -0.528. The van der Waals surface area contributed by atoms with Gasteiger partial charge >= 0.3 is 0 Å². The number of carbonyl (C=O) groups excluding carboxylic acids is 1. The van der Waals surface area contributed by atoms with Gasteiger partial charge < -0.3 is 9.47 Å². The first-order valence-corrected chi connectivity index (χ1v) is 5.31. The first-order valence-electron chi connectivity index (χ1n) is 5.31. The van der Waals surface area contributed by atoms with E-state index in [0.717, 1.165) is 0 Å². The van der Waals surface area contributed by atoms with E-state index >= 15 is 0 Å². The molecule has 3 nitrogen and oxygen atoms in total. The summed E-state index contributed by atoms with van der Waals surface area (Å²) in [6, 6.07) is 4.20. The van der Waals surface area contributed by atoms with Gasteiger partial charge in [0, 0.05) is 19.6 Å². The van der Waals surface area contributed by atoms with Crippen LogP contribution in [0.3, 0.4) is 0 Å². The summed E-state index contributed by atoms with van der Waals surface area (Å²) in [6.45, 7) is 3.57. The van der Waals surface area contributed by atoms with E-state index in [1.165, 1.54) is 26.4 Å². The van der Waals surface area contributed by atoms with Gasteiger partial charge in [0.2, 0.25) is 0 Å². The topological polar surface area (TPSA) is 35.5 Å². The van der Waals surface area contributed by atoms with Crippen LogP contribution in [0.15, 0.2) is 18.2 Å². The Labute approximate surface area is 101 Å². The third-order valence-corrected chi connectivity index (χ3v) is 2.62. The van der Waals surface area contributed by atoms with Gasteiger partial charge in [0.25, 0.3) is 0 Å². The number of methoxy groups -OCH3 is 2. The molecule has 0 aliphatic carbocycles. The SMILES string of the molecule is COc1ccc(C(=O)CC(C)(C)OC)c(F)c1. The van der Waals surface area contributed by atoms with Gasteiger partial charge in [-0.3, -0.25) is 4.79 Å². The van der Waals surface area contributed by atoms with E-state index in [9.17, 15) is 9.18 Å². The van der Waals surface area contributed by atoms with Crippen LogP contribution >= 0.6 is 0 Å². The highest BCUT2D eigenvalue weighted by Crippen LogP contribution is 2.21. The van der Waals surface area contributed by atoms with E-state index in [1.54, 1.807) is 19.9 Å². The molecule has 0 aromatic heterocycles. The molecule has 0 N–H and O–H groups in total. The third-order valence-electron chi connectivity index (χ3n) is 2.62. The van der Waals surface area contributed by atoms with Gasteiger partial charge in [-0.2, -0.15) is 0 Å².